The second-order valence-electron chi connectivity index (χ2n) is 3.50. The topological polar surface area (TPSA) is 46.2 Å². The van der Waals surface area contributed by atoms with E-state index in [0.717, 1.165) is 24.8 Å². The van der Waals surface area contributed by atoms with Gasteiger partial charge in [-0.15, -0.1) is 0 Å². The van der Waals surface area contributed by atoms with Gasteiger partial charge in [0.2, 0.25) is 0 Å². The Balaban J connectivity index is 2.52. The molecule has 0 bridgehead atoms. The second kappa shape index (κ2) is 3.20. The van der Waals surface area contributed by atoms with Gasteiger partial charge in [-0.05, 0) is 42.5 Å². The Hall–Kier alpha value is -0.730. The highest BCUT2D eigenvalue weighted by Gasteiger charge is 2.18. The number of rotatable bonds is 0. The molecular weight excluding hydrogens is 186 g/mol. The first-order valence-corrected chi connectivity index (χ1v) is 4.83. The molecular formula is C10H12ClNO. The van der Waals surface area contributed by atoms with Gasteiger partial charge in [0.1, 0.15) is 5.75 Å². The van der Waals surface area contributed by atoms with E-state index >= 15 is 0 Å². The summed E-state index contributed by atoms with van der Waals surface area (Å²) in [5.74, 6) is 0.137. The van der Waals surface area contributed by atoms with Gasteiger partial charge in [0.05, 0.1) is 5.02 Å². The molecule has 70 valence electrons. The normalized spacial score (nSPS) is 21.2. The van der Waals surface area contributed by atoms with Gasteiger partial charge < -0.3 is 10.8 Å². The number of benzene rings is 1. The van der Waals surface area contributed by atoms with E-state index in [2.05, 4.69) is 0 Å². The molecule has 0 aromatic heterocycles. The lowest BCUT2D eigenvalue weighted by molar-refractivity contribution is 0.470. The molecule has 0 aliphatic heterocycles. The second-order valence-corrected chi connectivity index (χ2v) is 3.91. The summed E-state index contributed by atoms with van der Waals surface area (Å²) in [5.41, 5.74) is 8.14. The van der Waals surface area contributed by atoms with Crippen molar-refractivity contribution in [3.63, 3.8) is 0 Å². The molecule has 3 N–H and O–H groups in total. The van der Waals surface area contributed by atoms with Gasteiger partial charge in [0.15, 0.2) is 0 Å². The SMILES string of the molecule is N[C@H]1CCCc2cc(Cl)c(O)cc21. The van der Waals surface area contributed by atoms with Gasteiger partial charge in [-0.2, -0.15) is 0 Å². The predicted molar refractivity (Wildman–Crippen MR) is 53.0 cm³/mol. The third-order valence-electron chi connectivity index (χ3n) is 2.57. The minimum atomic E-state index is 0.0620. The number of phenols is 1. The van der Waals surface area contributed by atoms with Crippen LogP contribution in [0.4, 0.5) is 0 Å². The molecule has 1 aromatic rings. The Labute approximate surface area is 82.3 Å². The average molecular weight is 198 g/mol. The minimum Gasteiger partial charge on any atom is -0.506 e. The van der Waals surface area contributed by atoms with Crippen LogP contribution >= 0.6 is 11.6 Å². The molecule has 3 heteroatoms. The molecule has 0 spiro atoms. The zero-order chi connectivity index (χ0) is 9.42. The van der Waals surface area contributed by atoms with Crippen LogP contribution in [0.25, 0.3) is 0 Å². The van der Waals surface area contributed by atoms with Crippen LogP contribution in [0.1, 0.15) is 30.0 Å². The van der Waals surface area contributed by atoms with Crippen molar-refractivity contribution in [1.82, 2.24) is 0 Å². The molecule has 1 aliphatic rings. The fraction of sp³-hybridized carbons (Fsp3) is 0.400. The third-order valence-corrected chi connectivity index (χ3v) is 2.87. The molecule has 0 amide bonds. The Morgan fingerprint density at radius 1 is 1.46 bits per heavy atom. The van der Waals surface area contributed by atoms with E-state index in [-0.39, 0.29) is 11.8 Å². The molecule has 0 saturated carbocycles. The molecule has 0 heterocycles. The zero-order valence-electron chi connectivity index (χ0n) is 7.26. The quantitative estimate of drug-likeness (QED) is 0.671. The van der Waals surface area contributed by atoms with Gasteiger partial charge in [-0.25, -0.2) is 0 Å². The first-order valence-electron chi connectivity index (χ1n) is 4.45. The van der Waals surface area contributed by atoms with E-state index in [1.165, 1.54) is 5.56 Å². The van der Waals surface area contributed by atoms with Crippen molar-refractivity contribution in [3.05, 3.63) is 28.3 Å². The largest absolute Gasteiger partial charge is 0.506 e. The minimum absolute atomic E-state index is 0.0620. The summed E-state index contributed by atoms with van der Waals surface area (Å²) in [5, 5.41) is 9.83. The van der Waals surface area contributed by atoms with Crippen LogP contribution in [-0.4, -0.2) is 5.11 Å². The lowest BCUT2D eigenvalue weighted by Crippen LogP contribution is -2.17. The number of aromatic hydroxyl groups is 1. The number of phenolic OH excluding ortho intramolecular Hbond substituents is 1. The van der Waals surface area contributed by atoms with Crippen LogP contribution in [-0.2, 0) is 6.42 Å². The maximum atomic E-state index is 9.41. The molecule has 1 atom stereocenters. The van der Waals surface area contributed by atoms with Gasteiger partial charge in [-0.1, -0.05) is 11.6 Å². The van der Waals surface area contributed by atoms with Crippen molar-refractivity contribution in [1.29, 1.82) is 0 Å². The molecule has 2 rings (SSSR count). The summed E-state index contributed by atoms with van der Waals surface area (Å²) < 4.78 is 0. The van der Waals surface area contributed by atoms with Gasteiger partial charge >= 0.3 is 0 Å². The fourth-order valence-electron chi connectivity index (χ4n) is 1.85. The van der Waals surface area contributed by atoms with Crippen molar-refractivity contribution in [3.8, 4) is 5.75 Å². The van der Waals surface area contributed by atoms with Crippen LogP contribution in [0.5, 0.6) is 5.75 Å². The summed E-state index contributed by atoms with van der Waals surface area (Å²) in [4.78, 5) is 0. The molecule has 0 unspecified atom stereocenters. The van der Waals surface area contributed by atoms with Gasteiger partial charge in [0, 0.05) is 6.04 Å². The first-order chi connectivity index (χ1) is 6.18. The fourth-order valence-corrected chi connectivity index (χ4v) is 2.04. The van der Waals surface area contributed by atoms with E-state index in [1.54, 1.807) is 6.07 Å². The summed E-state index contributed by atoms with van der Waals surface area (Å²) in [6.45, 7) is 0. The predicted octanol–water partition coefficient (Wildman–Crippen LogP) is 2.38. The maximum absolute atomic E-state index is 9.41. The van der Waals surface area contributed by atoms with Crippen molar-refractivity contribution >= 4 is 11.6 Å². The smallest absolute Gasteiger partial charge is 0.134 e. The average Bonchev–Trinajstić information content (AvgIpc) is 2.09. The summed E-state index contributed by atoms with van der Waals surface area (Å²) in [6, 6.07) is 3.58. The summed E-state index contributed by atoms with van der Waals surface area (Å²) >= 11 is 5.80. The number of hydrogen-bond donors (Lipinski definition) is 2. The number of halogens is 1. The van der Waals surface area contributed by atoms with Crippen molar-refractivity contribution in [2.24, 2.45) is 5.73 Å². The van der Waals surface area contributed by atoms with Gasteiger partial charge in [-0.3, -0.25) is 0 Å². The van der Waals surface area contributed by atoms with Crippen molar-refractivity contribution in [2.45, 2.75) is 25.3 Å². The van der Waals surface area contributed by atoms with Crippen molar-refractivity contribution in [2.75, 3.05) is 0 Å². The summed E-state index contributed by atoms with van der Waals surface area (Å²) in [6.07, 6.45) is 3.12. The molecule has 1 aromatic carbocycles. The maximum Gasteiger partial charge on any atom is 0.134 e. The molecule has 13 heavy (non-hydrogen) atoms. The first kappa shape index (κ1) is 8.85. The highest BCUT2D eigenvalue weighted by atomic mass is 35.5. The molecule has 2 nitrogen and oxygen atoms in total. The number of hydrogen-bond acceptors (Lipinski definition) is 2. The highest BCUT2D eigenvalue weighted by Crippen LogP contribution is 2.34. The third kappa shape index (κ3) is 1.52. The van der Waals surface area contributed by atoms with E-state index < -0.39 is 0 Å². The number of aryl methyl sites for hydroxylation is 1. The van der Waals surface area contributed by atoms with E-state index in [4.69, 9.17) is 17.3 Å². The monoisotopic (exact) mass is 197 g/mol. The molecule has 0 saturated heterocycles. The highest BCUT2D eigenvalue weighted by molar-refractivity contribution is 6.32. The standard InChI is InChI=1S/C10H12ClNO/c11-8-4-6-2-1-3-9(12)7(6)5-10(8)13/h4-5,9,13H,1-3,12H2/t9-/m0/s1. The lowest BCUT2D eigenvalue weighted by atomic mass is 9.88. The van der Waals surface area contributed by atoms with Crippen LogP contribution in [0, 0.1) is 0 Å². The van der Waals surface area contributed by atoms with Crippen LogP contribution < -0.4 is 5.73 Å². The van der Waals surface area contributed by atoms with Crippen LogP contribution in [0.2, 0.25) is 5.02 Å². The van der Waals surface area contributed by atoms with Crippen LogP contribution in [0.15, 0.2) is 12.1 Å². The Morgan fingerprint density at radius 3 is 3.00 bits per heavy atom. The molecule has 1 aliphatic carbocycles. The number of nitrogens with two attached hydrogens (primary N) is 1. The zero-order valence-corrected chi connectivity index (χ0v) is 8.01. The van der Waals surface area contributed by atoms with Gasteiger partial charge in [0.25, 0.3) is 0 Å². The van der Waals surface area contributed by atoms with Crippen LogP contribution in [0.3, 0.4) is 0 Å². The Bertz CT molecular complexity index is 338. The Kier molecular flexibility index (Phi) is 2.18. The molecule has 0 fully saturated rings. The van der Waals surface area contributed by atoms with E-state index in [0.29, 0.717) is 5.02 Å². The lowest BCUT2D eigenvalue weighted by Gasteiger charge is -2.22. The van der Waals surface area contributed by atoms with E-state index in [1.807, 2.05) is 6.07 Å². The number of fused-ring (bicyclic) bond motifs is 1. The Morgan fingerprint density at radius 2 is 2.23 bits per heavy atom. The summed E-state index contributed by atoms with van der Waals surface area (Å²) in [7, 11) is 0. The molecule has 0 radical (unpaired) electrons. The van der Waals surface area contributed by atoms with E-state index in [9.17, 15) is 5.11 Å². The van der Waals surface area contributed by atoms with Crippen molar-refractivity contribution < 1.29 is 5.11 Å².